The summed E-state index contributed by atoms with van der Waals surface area (Å²) in [6, 6.07) is 0. The van der Waals surface area contributed by atoms with E-state index in [9.17, 15) is 34.6 Å². The number of carbonyl (C=O) groups excluding carboxylic acids is 2. The molecule has 0 aliphatic rings. The van der Waals surface area contributed by atoms with Gasteiger partial charge in [0.15, 0.2) is 0 Å². The molecule has 0 aliphatic heterocycles. The highest BCUT2D eigenvalue weighted by molar-refractivity contribution is 7.33. The maximum absolute atomic E-state index is 11.9. The molecule has 0 amide bonds. The Morgan fingerprint density at radius 3 is 1.56 bits per heavy atom. The van der Waals surface area contributed by atoms with Gasteiger partial charge in [0.1, 0.15) is 11.5 Å². The number of carbonyl (C=O) groups is 2. The van der Waals surface area contributed by atoms with Gasteiger partial charge in [-0.05, 0) is 25.0 Å². The summed E-state index contributed by atoms with van der Waals surface area (Å²) < 4.78 is 30.7. The van der Waals surface area contributed by atoms with Gasteiger partial charge in [0.05, 0.1) is 37.4 Å². The molecule has 0 atom stereocenters. The highest BCUT2D eigenvalue weighted by Gasteiger charge is 2.17. The summed E-state index contributed by atoms with van der Waals surface area (Å²) in [6.07, 6.45) is 2.00. The van der Waals surface area contributed by atoms with E-state index in [0.717, 1.165) is 0 Å². The Balaban J connectivity index is 1.71. The van der Waals surface area contributed by atoms with Gasteiger partial charge in [-0.2, -0.15) is 0 Å². The maximum atomic E-state index is 11.9. The monoisotopic (exact) mass is 500 g/mol. The second-order valence-corrected chi connectivity index (χ2v) is 7.95. The van der Waals surface area contributed by atoms with Crippen molar-refractivity contribution in [3.63, 3.8) is 0 Å². The van der Waals surface area contributed by atoms with Gasteiger partial charge < -0.3 is 29.9 Å². The number of ether oxygens (including phenoxy) is 2. The van der Waals surface area contributed by atoms with Crippen molar-refractivity contribution in [3.05, 3.63) is 46.0 Å². The molecule has 13 nitrogen and oxygen atoms in total. The van der Waals surface area contributed by atoms with Crippen molar-refractivity contribution < 1.29 is 53.1 Å². The number of esters is 2. The first-order valence-corrected chi connectivity index (χ1v) is 11.1. The molecule has 0 saturated carbocycles. The van der Waals surface area contributed by atoms with Crippen molar-refractivity contribution in [2.75, 3.05) is 13.6 Å². The third-order valence-electron chi connectivity index (χ3n) is 4.64. The van der Waals surface area contributed by atoms with Crippen LogP contribution in [0.25, 0.3) is 0 Å². The molecule has 0 bridgehead atoms. The summed E-state index contributed by atoms with van der Waals surface area (Å²) in [5.41, 5.74) is 1.39. The van der Waals surface area contributed by atoms with Crippen molar-refractivity contribution in [2.24, 2.45) is 0 Å². The summed E-state index contributed by atoms with van der Waals surface area (Å²) >= 11 is 0. The van der Waals surface area contributed by atoms with E-state index in [1.165, 1.54) is 26.2 Å². The smallest absolute Gasteiger partial charge is 0.324 e. The van der Waals surface area contributed by atoms with Crippen LogP contribution in [0.5, 0.6) is 11.5 Å². The number of hydrogen-bond donors (Lipinski definition) is 4. The standard InChI is InChI=1S/C20H25N2O11P/c1-11-19(27)15(7-23)13(5-21-11)3-17(25)30-9-32-34(29)33-10-31-18(26)4-14-6-22-12(2)20(28)16(14)8-24/h5-6,23-24,27-28,34H,3-4,7-10H2,1-2H3. The average Bonchev–Trinajstić information content (AvgIpc) is 2.79. The van der Waals surface area contributed by atoms with Crippen LogP contribution in [0.4, 0.5) is 0 Å². The molecular weight excluding hydrogens is 475 g/mol. The van der Waals surface area contributed by atoms with Crippen LogP contribution < -0.4 is 0 Å². The molecule has 0 unspecified atom stereocenters. The van der Waals surface area contributed by atoms with E-state index in [1.54, 1.807) is 0 Å². The van der Waals surface area contributed by atoms with E-state index < -0.39 is 47.0 Å². The Labute approximate surface area is 194 Å². The molecule has 0 fully saturated rings. The van der Waals surface area contributed by atoms with E-state index in [-0.39, 0.29) is 46.6 Å². The lowest BCUT2D eigenvalue weighted by Crippen LogP contribution is -2.13. The second-order valence-electron chi connectivity index (χ2n) is 6.87. The van der Waals surface area contributed by atoms with Crippen molar-refractivity contribution >= 4 is 20.2 Å². The van der Waals surface area contributed by atoms with Crippen LogP contribution in [0.1, 0.15) is 33.6 Å². The van der Waals surface area contributed by atoms with Crippen molar-refractivity contribution in [2.45, 2.75) is 39.9 Å². The normalized spacial score (nSPS) is 11.0. The zero-order chi connectivity index (χ0) is 25.3. The van der Waals surface area contributed by atoms with Crippen LogP contribution in [-0.2, 0) is 58.7 Å². The lowest BCUT2D eigenvalue weighted by atomic mass is 10.1. The Bertz CT molecular complexity index is 980. The molecule has 34 heavy (non-hydrogen) atoms. The molecule has 0 radical (unpaired) electrons. The van der Waals surface area contributed by atoms with Crippen molar-refractivity contribution in [1.29, 1.82) is 0 Å². The molecule has 0 aliphatic carbocycles. The minimum Gasteiger partial charge on any atom is -0.506 e. The van der Waals surface area contributed by atoms with Crippen LogP contribution in [0, 0.1) is 13.8 Å². The van der Waals surface area contributed by atoms with E-state index in [4.69, 9.17) is 18.5 Å². The molecule has 0 saturated heterocycles. The number of pyridine rings is 2. The van der Waals surface area contributed by atoms with Gasteiger partial charge in [0, 0.05) is 23.5 Å². The number of aromatic nitrogens is 2. The molecule has 2 rings (SSSR count). The largest absolute Gasteiger partial charge is 0.506 e. The predicted molar refractivity (Wildman–Crippen MR) is 114 cm³/mol. The predicted octanol–water partition coefficient (Wildman–Crippen LogP) is 0.699. The van der Waals surface area contributed by atoms with Crippen LogP contribution >= 0.6 is 8.25 Å². The summed E-state index contributed by atoms with van der Waals surface area (Å²) in [6.45, 7) is 0.652. The first-order valence-electron chi connectivity index (χ1n) is 9.83. The molecule has 2 heterocycles. The van der Waals surface area contributed by atoms with Crippen LogP contribution in [-0.4, -0.2) is 55.9 Å². The minimum atomic E-state index is -3.16. The number of aromatic hydroxyl groups is 2. The van der Waals surface area contributed by atoms with Crippen LogP contribution in [0.2, 0.25) is 0 Å². The Hall–Kier alpha value is -3.09. The third-order valence-corrected chi connectivity index (χ3v) is 5.35. The zero-order valence-corrected chi connectivity index (χ0v) is 19.4. The van der Waals surface area contributed by atoms with E-state index in [0.29, 0.717) is 11.4 Å². The maximum Gasteiger partial charge on any atom is 0.324 e. The summed E-state index contributed by atoms with van der Waals surface area (Å²) in [5.74, 6) is -2.04. The van der Waals surface area contributed by atoms with E-state index in [1.807, 2.05) is 0 Å². The Kier molecular flexibility index (Phi) is 10.4. The summed E-state index contributed by atoms with van der Waals surface area (Å²) in [7, 11) is -3.16. The summed E-state index contributed by atoms with van der Waals surface area (Å²) in [5, 5.41) is 38.5. The second kappa shape index (κ2) is 13.0. The number of hydrogen-bond acceptors (Lipinski definition) is 13. The van der Waals surface area contributed by atoms with Gasteiger partial charge >= 0.3 is 20.2 Å². The topological polar surface area (TPSA) is 195 Å². The number of rotatable bonds is 12. The SMILES string of the molecule is Cc1ncc(CC(=O)OCO[PH](=O)OCOC(=O)Cc2cnc(C)c(O)c2CO)c(CO)c1O. The highest BCUT2D eigenvalue weighted by Crippen LogP contribution is 2.26. The average molecular weight is 500 g/mol. The Morgan fingerprint density at radius 2 is 1.21 bits per heavy atom. The first-order chi connectivity index (χ1) is 16.2. The molecule has 4 N–H and O–H groups in total. The fourth-order valence-electron chi connectivity index (χ4n) is 2.77. The van der Waals surface area contributed by atoms with Gasteiger partial charge in [0.25, 0.3) is 0 Å². The fraction of sp³-hybridized carbons (Fsp3) is 0.400. The molecule has 2 aromatic rings. The number of aliphatic hydroxyl groups excluding tert-OH is 2. The zero-order valence-electron chi connectivity index (χ0n) is 18.4. The van der Waals surface area contributed by atoms with Crippen LogP contribution in [0.3, 0.4) is 0 Å². The minimum absolute atomic E-state index is 0.145. The fourth-order valence-corrected chi connectivity index (χ4v) is 3.16. The molecule has 186 valence electrons. The molecule has 2 aromatic heterocycles. The Morgan fingerprint density at radius 1 is 0.824 bits per heavy atom. The van der Waals surface area contributed by atoms with Gasteiger partial charge in [-0.3, -0.25) is 33.2 Å². The van der Waals surface area contributed by atoms with E-state index in [2.05, 4.69) is 9.97 Å². The summed E-state index contributed by atoms with van der Waals surface area (Å²) in [4.78, 5) is 31.6. The first kappa shape index (κ1) is 27.2. The number of aliphatic hydroxyl groups is 2. The van der Waals surface area contributed by atoms with Gasteiger partial charge in [0.2, 0.25) is 13.6 Å². The van der Waals surface area contributed by atoms with E-state index >= 15 is 0 Å². The lowest BCUT2D eigenvalue weighted by molar-refractivity contribution is -0.150. The van der Waals surface area contributed by atoms with Crippen molar-refractivity contribution in [3.8, 4) is 11.5 Å². The number of nitrogens with zero attached hydrogens (tertiary/aromatic N) is 2. The van der Waals surface area contributed by atoms with Gasteiger partial charge in [-0.15, -0.1) is 0 Å². The third kappa shape index (κ3) is 7.47. The molecule has 14 heteroatoms. The lowest BCUT2D eigenvalue weighted by Gasteiger charge is -2.11. The molecular formula is C20H25N2O11P. The van der Waals surface area contributed by atoms with Crippen molar-refractivity contribution in [1.82, 2.24) is 9.97 Å². The molecule has 0 spiro atoms. The van der Waals surface area contributed by atoms with Crippen LogP contribution in [0.15, 0.2) is 12.4 Å². The quantitative estimate of drug-likeness (QED) is 0.181. The molecule has 0 aromatic carbocycles. The van der Waals surface area contributed by atoms with Gasteiger partial charge in [-0.25, -0.2) is 0 Å². The van der Waals surface area contributed by atoms with Gasteiger partial charge in [-0.1, -0.05) is 0 Å². The number of aryl methyl sites for hydroxylation is 2. The highest BCUT2D eigenvalue weighted by atomic mass is 31.1.